The number of carboxylic acids is 1. The lowest BCUT2D eigenvalue weighted by atomic mass is 10.0. The minimum Gasteiger partial charge on any atom is -0.481 e. The molecular weight excluding hydrogens is 244 g/mol. The molecule has 0 aliphatic rings. The first-order chi connectivity index (χ1) is 9.06. The number of para-hydroxylation sites is 1. The van der Waals surface area contributed by atoms with E-state index in [0.717, 1.165) is 12.1 Å². The lowest BCUT2D eigenvalue weighted by Crippen LogP contribution is -2.41. The Balaban J connectivity index is 2.53. The van der Waals surface area contributed by atoms with Crippen molar-refractivity contribution >= 4 is 17.7 Å². The predicted octanol–water partition coefficient (Wildman–Crippen LogP) is 2.33. The van der Waals surface area contributed by atoms with Gasteiger partial charge in [-0.2, -0.15) is 0 Å². The minimum absolute atomic E-state index is 0.152. The molecule has 1 aromatic carbocycles. The zero-order valence-electron chi connectivity index (χ0n) is 11.3. The molecule has 5 nitrogen and oxygen atoms in total. The molecule has 1 unspecified atom stereocenters. The summed E-state index contributed by atoms with van der Waals surface area (Å²) in [7, 11) is 1.65. The number of nitrogens with one attached hydrogen (secondary N) is 1. The highest BCUT2D eigenvalue weighted by Gasteiger charge is 2.18. The van der Waals surface area contributed by atoms with E-state index in [1.54, 1.807) is 7.05 Å². The van der Waals surface area contributed by atoms with E-state index in [4.69, 9.17) is 5.11 Å². The Kier molecular flexibility index (Phi) is 5.85. The molecule has 1 atom stereocenters. The van der Waals surface area contributed by atoms with E-state index >= 15 is 0 Å². The first-order valence-electron chi connectivity index (χ1n) is 6.35. The van der Waals surface area contributed by atoms with Gasteiger partial charge < -0.3 is 10.4 Å². The molecule has 19 heavy (non-hydrogen) atoms. The van der Waals surface area contributed by atoms with Crippen molar-refractivity contribution in [3.05, 3.63) is 30.3 Å². The minimum atomic E-state index is -0.871. The molecule has 0 heterocycles. The number of rotatable bonds is 6. The van der Waals surface area contributed by atoms with Crippen molar-refractivity contribution in [3.8, 4) is 0 Å². The molecule has 5 heteroatoms. The third-order valence-electron chi connectivity index (χ3n) is 2.93. The Morgan fingerprint density at radius 1 is 1.32 bits per heavy atom. The number of hydrogen-bond donors (Lipinski definition) is 2. The molecule has 0 radical (unpaired) electrons. The van der Waals surface area contributed by atoms with Gasteiger partial charge in [0.25, 0.3) is 0 Å². The number of anilines is 1. The van der Waals surface area contributed by atoms with E-state index in [0.29, 0.717) is 6.42 Å². The van der Waals surface area contributed by atoms with Gasteiger partial charge in [0.05, 0.1) is 5.92 Å². The molecule has 0 fully saturated rings. The van der Waals surface area contributed by atoms with Gasteiger partial charge in [0, 0.05) is 19.3 Å². The van der Waals surface area contributed by atoms with E-state index in [9.17, 15) is 9.59 Å². The van der Waals surface area contributed by atoms with Crippen LogP contribution in [0, 0.1) is 5.92 Å². The average Bonchev–Trinajstić information content (AvgIpc) is 2.42. The number of carboxylic acid groups (broad SMARTS) is 1. The van der Waals surface area contributed by atoms with Crippen LogP contribution in [0.15, 0.2) is 30.3 Å². The topological polar surface area (TPSA) is 69.6 Å². The van der Waals surface area contributed by atoms with Gasteiger partial charge in [-0.05, 0) is 18.6 Å². The molecule has 2 N–H and O–H groups in total. The summed E-state index contributed by atoms with van der Waals surface area (Å²) in [5.41, 5.74) is 0.766. The molecule has 1 rings (SSSR count). The SMILES string of the molecule is CCCC(CNC(=O)N(C)c1ccccc1)C(=O)O. The summed E-state index contributed by atoms with van der Waals surface area (Å²) in [4.78, 5) is 24.3. The van der Waals surface area contributed by atoms with Crippen LogP contribution in [0.5, 0.6) is 0 Å². The number of urea groups is 1. The van der Waals surface area contributed by atoms with Crippen LogP contribution < -0.4 is 10.2 Å². The first-order valence-corrected chi connectivity index (χ1v) is 6.35. The summed E-state index contributed by atoms with van der Waals surface area (Å²) in [5, 5.41) is 11.7. The van der Waals surface area contributed by atoms with Crippen molar-refractivity contribution in [3.63, 3.8) is 0 Å². The third kappa shape index (κ3) is 4.62. The Labute approximate surface area is 113 Å². The van der Waals surface area contributed by atoms with Crippen molar-refractivity contribution in [2.24, 2.45) is 5.92 Å². The molecule has 0 spiro atoms. The Morgan fingerprint density at radius 2 is 1.95 bits per heavy atom. The molecule has 0 saturated carbocycles. The van der Waals surface area contributed by atoms with Crippen molar-refractivity contribution in [1.29, 1.82) is 0 Å². The van der Waals surface area contributed by atoms with Gasteiger partial charge in [-0.3, -0.25) is 9.69 Å². The van der Waals surface area contributed by atoms with Crippen LogP contribution in [0.3, 0.4) is 0 Å². The maximum atomic E-state index is 11.9. The van der Waals surface area contributed by atoms with Crippen LogP contribution in [-0.2, 0) is 4.79 Å². The number of carbonyl (C=O) groups is 2. The maximum Gasteiger partial charge on any atom is 0.321 e. The van der Waals surface area contributed by atoms with Gasteiger partial charge >= 0.3 is 12.0 Å². The fourth-order valence-electron chi connectivity index (χ4n) is 1.76. The summed E-state index contributed by atoms with van der Waals surface area (Å²) < 4.78 is 0. The molecule has 0 bridgehead atoms. The van der Waals surface area contributed by atoms with Gasteiger partial charge in [0.15, 0.2) is 0 Å². The van der Waals surface area contributed by atoms with E-state index in [1.165, 1.54) is 4.90 Å². The number of nitrogens with zero attached hydrogens (tertiary/aromatic N) is 1. The van der Waals surface area contributed by atoms with E-state index in [-0.39, 0.29) is 12.6 Å². The molecule has 2 amide bonds. The first kappa shape index (κ1) is 15.0. The smallest absolute Gasteiger partial charge is 0.321 e. The van der Waals surface area contributed by atoms with Crippen LogP contribution in [-0.4, -0.2) is 30.7 Å². The number of carbonyl (C=O) groups excluding carboxylic acids is 1. The van der Waals surface area contributed by atoms with Gasteiger partial charge in [-0.25, -0.2) is 4.79 Å². The van der Waals surface area contributed by atoms with E-state index in [2.05, 4.69) is 5.32 Å². The monoisotopic (exact) mass is 264 g/mol. The summed E-state index contributed by atoms with van der Waals surface area (Å²) in [6.45, 7) is 2.08. The highest BCUT2D eigenvalue weighted by atomic mass is 16.4. The van der Waals surface area contributed by atoms with Crippen molar-refractivity contribution < 1.29 is 14.7 Å². The molecule has 0 saturated heterocycles. The zero-order chi connectivity index (χ0) is 14.3. The van der Waals surface area contributed by atoms with Crippen LogP contribution in [0.2, 0.25) is 0 Å². The van der Waals surface area contributed by atoms with Crippen molar-refractivity contribution in [2.75, 3.05) is 18.5 Å². The quantitative estimate of drug-likeness (QED) is 0.828. The molecular formula is C14H20N2O3. The second-order valence-electron chi connectivity index (χ2n) is 4.40. The second-order valence-corrected chi connectivity index (χ2v) is 4.40. The lowest BCUT2D eigenvalue weighted by Gasteiger charge is -2.19. The van der Waals surface area contributed by atoms with Gasteiger partial charge in [0.1, 0.15) is 0 Å². The average molecular weight is 264 g/mol. The summed E-state index contributed by atoms with van der Waals surface area (Å²) in [5.74, 6) is -1.40. The van der Waals surface area contributed by atoms with Crippen LogP contribution >= 0.6 is 0 Å². The van der Waals surface area contributed by atoms with Crippen LogP contribution in [0.1, 0.15) is 19.8 Å². The Hall–Kier alpha value is -2.04. The molecule has 1 aromatic rings. The summed E-state index contributed by atoms with van der Waals surface area (Å²) in [6.07, 6.45) is 1.34. The molecule has 0 aromatic heterocycles. The Morgan fingerprint density at radius 3 is 2.47 bits per heavy atom. The predicted molar refractivity (Wildman–Crippen MR) is 74.3 cm³/mol. The largest absolute Gasteiger partial charge is 0.481 e. The normalized spacial score (nSPS) is 11.7. The summed E-state index contributed by atoms with van der Waals surface area (Å²) >= 11 is 0. The van der Waals surface area contributed by atoms with Crippen LogP contribution in [0.25, 0.3) is 0 Å². The number of benzene rings is 1. The van der Waals surface area contributed by atoms with Crippen LogP contribution in [0.4, 0.5) is 10.5 Å². The van der Waals surface area contributed by atoms with Gasteiger partial charge in [0.2, 0.25) is 0 Å². The Bertz CT molecular complexity index is 420. The highest BCUT2D eigenvalue weighted by Crippen LogP contribution is 2.11. The maximum absolute atomic E-state index is 11.9. The highest BCUT2D eigenvalue weighted by molar-refractivity contribution is 5.91. The number of amides is 2. The van der Waals surface area contributed by atoms with Crippen molar-refractivity contribution in [1.82, 2.24) is 5.32 Å². The third-order valence-corrected chi connectivity index (χ3v) is 2.93. The molecule has 0 aliphatic carbocycles. The second kappa shape index (κ2) is 7.41. The van der Waals surface area contributed by atoms with Crippen molar-refractivity contribution in [2.45, 2.75) is 19.8 Å². The fourth-order valence-corrected chi connectivity index (χ4v) is 1.76. The fraction of sp³-hybridized carbons (Fsp3) is 0.429. The van der Waals surface area contributed by atoms with E-state index < -0.39 is 11.9 Å². The standard InChI is InChI=1S/C14H20N2O3/c1-3-7-11(13(17)18)10-15-14(19)16(2)12-8-5-4-6-9-12/h4-6,8-9,11H,3,7,10H2,1-2H3,(H,15,19)(H,17,18). The summed E-state index contributed by atoms with van der Waals surface area (Å²) in [6, 6.07) is 8.90. The van der Waals surface area contributed by atoms with Gasteiger partial charge in [-0.15, -0.1) is 0 Å². The number of hydrogen-bond acceptors (Lipinski definition) is 2. The van der Waals surface area contributed by atoms with E-state index in [1.807, 2.05) is 37.3 Å². The van der Waals surface area contributed by atoms with Gasteiger partial charge in [-0.1, -0.05) is 31.5 Å². The zero-order valence-corrected chi connectivity index (χ0v) is 11.3. The molecule has 0 aliphatic heterocycles. The lowest BCUT2D eigenvalue weighted by molar-refractivity contribution is -0.141. The number of aliphatic carboxylic acids is 1. The molecule has 104 valence electrons.